The van der Waals surface area contributed by atoms with Crippen molar-refractivity contribution in [3.8, 4) is 5.75 Å². The molecule has 0 aliphatic rings. The molecule has 0 aromatic heterocycles. The fraction of sp³-hybridized carbons (Fsp3) is 0.417. The molecule has 0 spiro atoms. The summed E-state index contributed by atoms with van der Waals surface area (Å²) in [5.74, 6) is -0.284. The first-order chi connectivity index (χ1) is 7.65. The zero-order chi connectivity index (χ0) is 13.3. The van der Waals surface area contributed by atoms with Gasteiger partial charge in [-0.1, -0.05) is 12.1 Å². The maximum Gasteiger partial charge on any atom is 0.420 e. The number of hydrogen-bond acceptors (Lipinski definition) is 2. The van der Waals surface area contributed by atoms with Gasteiger partial charge < -0.3 is 9.84 Å². The average Bonchev–Trinajstić information content (AvgIpc) is 2.12. The molecule has 1 N–H and O–H groups in total. The predicted molar refractivity (Wildman–Crippen MR) is 57.2 cm³/mol. The molecular formula is C12H14F3O2. The molecular weight excluding hydrogens is 233 g/mol. The lowest BCUT2D eigenvalue weighted by atomic mass is 10.1. The largest absolute Gasteiger partial charge is 0.488 e. The lowest BCUT2D eigenvalue weighted by Crippen LogP contribution is -2.25. The topological polar surface area (TPSA) is 29.5 Å². The molecule has 1 aromatic rings. The molecule has 0 aliphatic heterocycles. The summed E-state index contributed by atoms with van der Waals surface area (Å²) in [7, 11) is 0. The molecule has 0 amide bonds. The van der Waals surface area contributed by atoms with Crippen LogP contribution in [0.25, 0.3) is 0 Å². The summed E-state index contributed by atoms with van der Waals surface area (Å²) in [5.41, 5.74) is -2.01. The van der Waals surface area contributed by atoms with Gasteiger partial charge in [0.05, 0.1) is 0 Å². The van der Waals surface area contributed by atoms with Gasteiger partial charge in [0.25, 0.3) is 0 Å². The maximum atomic E-state index is 12.9. The molecule has 0 unspecified atom stereocenters. The van der Waals surface area contributed by atoms with Crippen LogP contribution in [0.15, 0.2) is 18.2 Å². The SMILES string of the molecule is CC(C)(C)Oc1cccc([CH]O)c1C(F)(F)F. The molecule has 0 atom stereocenters. The van der Waals surface area contributed by atoms with Crippen LogP contribution in [0.3, 0.4) is 0 Å². The van der Waals surface area contributed by atoms with Crippen molar-refractivity contribution in [1.82, 2.24) is 0 Å². The summed E-state index contributed by atoms with van der Waals surface area (Å²) in [6.07, 6.45) is -4.57. The van der Waals surface area contributed by atoms with Crippen molar-refractivity contribution in [3.05, 3.63) is 35.9 Å². The fourth-order valence-electron chi connectivity index (χ4n) is 1.37. The Balaban J connectivity index is 3.30. The molecule has 0 bridgehead atoms. The van der Waals surface area contributed by atoms with Gasteiger partial charge in [-0.3, -0.25) is 0 Å². The van der Waals surface area contributed by atoms with Gasteiger partial charge >= 0.3 is 6.18 Å². The Hall–Kier alpha value is -1.23. The Morgan fingerprint density at radius 3 is 2.18 bits per heavy atom. The quantitative estimate of drug-likeness (QED) is 0.862. The second-order valence-corrected chi connectivity index (χ2v) is 4.56. The van der Waals surface area contributed by atoms with Gasteiger partial charge in [0.2, 0.25) is 0 Å². The lowest BCUT2D eigenvalue weighted by Gasteiger charge is -2.25. The zero-order valence-electron chi connectivity index (χ0n) is 9.80. The first kappa shape index (κ1) is 13.8. The van der Waals surface area contributed by atoms with Crippen molar-refractivity contribution in [2.45, 2.75) is 32.5 Å². The van der Waals surface area contributed by atoms with Gasteiger partial charge in [0, 0.05) is 0 Å². The predicted octanol–water partition coefficient (Wildman–Crippen LogP) is 3.77. The van der Waals surface area contributed by atoms with Crippen molar-refractivity contribution < 1.29 is 23.0 Å². The summed E-state index contributed by atoms with van der Waals surface area (Å²) >= 11 is 0. The molecule has 1 aromatic carbocycles. The van der Waals surface area contributed by atoms with E-state index in [1.54, 1.807) is 20.8 Å². The Morgan fingerprint density at radius 1 is 1.18 bits per heavy atom. The normalized spacial score (nSPS) is 12.6. The maximum absolute atomic E-state index is 12.9. The van der Waals surface area contributed by atoms with E-state index in [2.05, 4.69) is 0 Å². The highest BCUT2D eigenvalue weighted by Gasteiger charge is 2.37. The van der Waals surface area contributed by atoms with Crippen molar-refractivity contribution in [2.24, 2.45) is 0 Å². The van der Waals surface area contributed by atoms with E-state index in [-0.39, 0.29) is 11.3 Å². The van der Waals surface area contributed by atoms with Crippen LogP contribution in [0.1, 0.15) is 31.9 Å². The number of hydrogen-bond donors (Lipinski definition) is 1. The molecule has 0 aliphatic carbocycles. The third-order valence-electron chi connectivity index (χ3n) is 1.90. The minimum atomic E-state index is -4.57. The smallest absolute Gasteiger partial charge is 0.420 e. The van der Waals surface area contributed by atoms with Gasteiger partial charge in [0.15, 0.2) is 0 Å². The number of alkyl halides is 3. The van der Waals surface area contributed by atoms with Crippen LogP contribution in [0, 0.1) is 6.61 Å². The van der Waals surface area contributed by atoms with Crippen molar-refractivity contribution in [1.29, 1.82) is 0 Å². The van der Waals surface area contributed by atoms with E-state index >= 15 is 0 Å². The Labute approximate surface area is 98.0 Å². The number of benzene rings is 1. The number of ether oxygens (including phenoxy) is 1. The van der Waals surface area contributed by atoms with Crippen LogP contribution in [-0.4, -0.2) is 10.7 Å². The Bertz CT molecular complexity index is 392. The second kappa shape index (κ2) is 4.56. The average molecular weight is 247 g/mol. The zero-order valence-corrected chi connectivity index (χ0v) is 9.80. The van der Waals surface area contributed by atoms with Crippen molar-refractivity contribution >= 4 is 0 Å². The molecule has 0 saturated heterocycles. The Kier molecular flexibility index (Phi) is 3.71. The van der Waals surface area contributed by atoms with Gasteiger partial charge in [-0.2, -0.15) is 13.2 Å². The van der Waals surface area contributed by atoms with Crippen LogP contribution in [-0.2, 0) is 6.18 Å². The van der Waals surface area contributed by atoms with Gasteiger partial charge in [0.1, 0.15) is 23.5 Å². The minimum Gasteiger partial charge on any atom is -0.488 e. The van der Waals surface area contributed by atoms with Gasteiger partial charge in [-0.25, -0.2) is 0 Å². The first-order valence-electron chi connectivity index (χ1n) is 5.02. The van der Waals surface area contributed by atoms with E-state index < -0.39 is 17.3 Å². The second-order valence-electron chi connectivity index (χ2n) is 4.56. The Morgan fingerprint density at radius 2 is 1.76 bits per heavy atom. The standard InChI is InChI=1S/C12H14F3O2/c1-11(2,3)17-9-6-4-5-8(7-16)10(9)12(13,14)15/h4-7,16H,1-3H3. The third kappa shape index (κ3) is 3.63. The van der Waals surface area contributed by atoms with E-state index in [9.17, 15) is 13.2 Å². The molecule has 0 fully saturated rings. The molecule has 1 radical (unpaired) electrons. The summed E-state index contributed by atoms with van der Waals surface area (Å²) < 4.78 is 43.8. The van der Waals surface area contributed by atoms with Crippen molar-refractivity contribution in [3.63, 3.8) is 0 Å². The summed E-state index contributed by atoms with van der Waals surface area (Å²) in [5, 5.41) is 8.82. The van der Waals surface area contributed by atoms with Crippen LogP contribution >= 0.6 is 0 Å². The van der Waals surface area contributed by atoms with Crippen LogP contribution in [0.4, 0.5) is 13.2 Å². The lowest BCUT2D eigenvalue weighted by molar-refractivity contribution is -0.140. The fourth-order valence-corrected chi connectivity index (χ4v) is 1.37. The summed E-state index contributed by atoms with van der Waals surface area (Å²) in [4.78, 5) is 0. The van der Waals surface area contributed by atoms with E-state index in [0.717, 1.165) is 0 Å². The number of rotatable bonds is 2. The number of aliphatic hydroxyl groups is 1. The molecule has 95 valence electrons. The minimum absolute atomic E-state index is 0.284. The van der Waals surface area contributed by atoms with E-state index in [1.165, 1.54) is 18.2 Å². The van der Waals surface area contributed by atoms with E-state index in [1.807, 2.05) is 0 Å². The summed E-state index contributed by atoms with van der Waals surface area (Å²) in [6.45, 7) is 5.39. The van der Waals surface area contributed by atoms with Gasteiger partial charge in [-0.05, 0) is 32.4 Å². The van der Waals surface area contributed by atoms with Crippen LogP contribution in [0.5, 0.6) is 5.75 Å². The molecule has 0 heterocycles. The monoisotopic (exact) mass is 247 g/mol. The van der Waals surface area contributed by atoms with Crippen LogP contribution < -0.4 is 4.74 Å². The third-order valence-corrected chi connectivity index (χ3v) is 1.90. The number of aliphatic hydroxyl groups excluding tert-OH is 1. The first-order valence-corrected chi connectivity index (χ1v) is 5.02. The van der Waals surface area contributed by atoms with E-state index in [0.29, 0.717) is 6.61 Å². The van der Waals surface area contributed by atoms with Crippen molar-refractivity contribution in [2.75, 3.05) is 0 Å². The highest BCUT2D eigenvalue weighted by molar-refractivity contribution is 5.45. The molecule has 1 rings (SSSR count). The molecule has 17 heavy (non-hydrogen) atoms. The summed E-state index contributed by atoms with van der Waals surface area (Å²) in [6, 6.07) is 3.82. The molecule has 0 saturated carbocycles. The highest BCUT2D eigenvalue weighted by atomic mass is 19.4. The molecule has 5 heteroatoms. The van der Waals surface area contributed by atoms with Gasteiger partial charge in [-0.15, -0.1) is 0 Å². The van der Waals surface area contributed by atoms with Crippen LogP contribution in [0.2, 0.25) is 0 Å². The molecule has 2 nitrogen and oxygen atoms in total. The highest BCUT2D eigenvalue weighted by Crippen LogP contribution is 2.40. The number of halogens is 3. The van der Waals surface area contributed by atoms with E-state index in [4.69, 9.17) is 9.84 Å².